The molecule has 1 N–H and O–H groups in total. The summed E-state index contributed by atoms with van der Waals surface area (Å²) >= 11 is 0. The first-order valence-electron chi connectivity index (χ1n) is 9.61. The van der Waals surface area contributed by atoms with E-state index in [0.717, 1.165) is 11.7 Å². The third kappa shape index (κ3) is 5.01. The van der Waals surface area contributed by atoms with Gasteiger partial charge in [-0.05, 0) is 25.0 Å². The predicted octanol–water partition coefficient (Wildman–Crippen LogP) is 1.89. The molecule has 0 spiro atoms. The average Bonchev–Trinajstić information content (AvgIpc) is 3.03. The number of halogens is 3. The Kier molecular flexibility index (Phi) is 6.58. The molecule has 0 bridgehead atoms. The number of carbonyl (C=O) groups excluding carboxylic acids is 1. The SMILES string of the molecule is COc1ccc(OC)c(NC(=O)CN2CCC(n3nc(C(F)(F)F)n(C)c3=O)CC2)c1. The van der Waals surface area contributed by atoms with Crippen molar-refractivity contribution in [2.75, 3.05) is 39.2 Å². The topological polar surface area (TPSA) is 90.6 Å². The summed E-state index contributed by atoms with van der Waals surface area (Å²) in [5.41, 5.74) is -0.324. The third-order valence-corrected chi connectivity index (χ3v) is 5.21. The van der Waals surface area contributed by atoms with Crippen molar-refractivity contribution >= 4 is 11.6 Å². The van der Waals surface area contributed by atoms with E-state index in [9.17, 15) is 22.8 Å². The van der Waals surface area contributed by atoms with Gasteiger partial charge in [0.25, 0.3) is 0 Å². The van der Waals surface area contributed by atoms with Crippen LogP contribution in [0.15, 0.2) is 23.0 Å². The van der Waals surface area contributed by atoms with Gasteiger partial charge in [-0.25, -0.2) is 9.48 Å². The lowest BCUT2D eigenvalue weighted by atomic mass is 10.1. The van der Waals surface area contributed by atoms with E-state index in [1.165, 1.54) is 14.2 Å². The summed E-state index contributed by atoms with van der Waals surface area (Å²) in [5, 5.41) is 6.28. The van der Waals surface area contributed by atoms with E-state index >= 15 is 0 Å². The van der Waals surface area contributed by atoms with E-state index in [4.69, 9.17) is 9.47 Å². The van der Waals surface area contributed by atoms with E-state index in [2.05, 4.69) is 10.4 Å². The van der Waals surface area contributed by atoms with Gasteiger partial charge in [0.05, 0.1) is 32.5 Å². The number of nitrogens with one attached hydrogen (secondary N) is 1. The van der Waals surface area contributed by atoms with E-state index in [1.54, 1.807) is 18.2 Å². The number of methoxy groups -OCH3 is 2. The maximum absolute atomic E-state index is 13.0. The number of benzene rings is 1. The molecule has 0 radical (unpaired) electrons. The van der Waals surface area contributed by atoms with Crippen LogP contribution in [0, 0.1) is 0 Å². The molecule has 3 rings (SSSR count). The minimum atomic E-state index is -4.70. The summed E-state index contributed by atoms with van der Waals surface area (Å²) < 4.78 is 50.8. The van der Waals surface area contributed by atoms with Crippen LogP contribution >= 0.6 is 0 Å². The lowest BCUT2D eigenvalue weighted by Gasteiger charge is -2.31. The van der Waals surface area contributed by atoms with E-state index < -0.39 is 23.7 Å². The Balaban J connectivity index is 1.60. The predicted molar refractivity (Wildman–Crippen MR) is 105 cm³/mol. The highest BCUT2D eigenvalue weighted by molar-refractivity contribution is 5.94. The normalized spacial score (nSPS) is 15.7. The molecule has 12 heteroatoms. The summed E-state index contributed by atoms with van der Waals surface area (Å²) in [7, 11) is 4.06. The number of amides is 1. The quantitative estimate of drug-likeness (QED) is 0.734. The third-order valence-electron chi connectivity index (χ3n) is 5.21. The highest BCUT2D eigenvalue weighted by atomic mass is 19.4. The molecule has 0 unspecified atom stereocenters. The Morgan fingerprint density at radius 2 is 1.90 bits per heavy atom. The zero-order valence-corrected chi connectivity index (χ0v) is 17.4. The van der Waals surface area contributed by atoms with Crippen LogP contribution in [0.3, 0.4) is 0 Å². The summed E-state index contributed by atoms with van der Waals surface area (Å²) in [6.07, 6.45) is -3.88. The Morgan fingerprint density at radius 3 is 2.45 bits per heavy atom. The molecule has 1 aliphatic rings. The molecule has 0 aliphatic carbocycles. The molecular formula is C19H24F3N5O4. The van der Waals surface area contributed by atoms with Gasteiger partial charge < -0.3 is 14.8 Å². The van der Waals surface area contributed by atoms with Gasteiger partial charge in [-0.2, -0.15) is 13.2 Å². The van der Waals surface area contributed by atoms with Crippen molar-refractivity contribution in [3.63, 3.8) is 0 Å². The van der Waals surface area contributed by atoms with Crippen molar-refractivity contribution in [3.05, 3.63) is 34.5 Å². The number of aromatic nitrogens is 3. The second kappa shape index (κ2) is 9.00. The number of hydrogen-bond donors (Lipinski definition) is 1. The van der Waals surface area contributed by atoms with Gasteiger partial charge >= 0.3 is 11.9 Å². The second-order valence-electron chi connectivity index (χ2n) is 7.23. The number of anilines is 1. The highest BCUT2D eigenvalue weighted by Gasteiger charge is 2.39. The number of alkyl halides is 3. The van der Waals surface area contributed by atoms with Crippen LogP contribution in [0.2, 0.25) is 0 Å². The van der Waals surface area contributed by atoms with E-state index in [1.807, 2.05) is 4.90 Å². The van der Waals surface area contributed by atoms with Crippen LogP contribution in [0.4, 0.5) is 18.9 Å². The Hall–Kier alpha value is -3.02. The fourth-order valence-electron chi connectivity index (χ4n) is 3.57. The van der Waals surface area contributed by atoms with Gasteiger partial charge in [0.15, 0.2) is 0 Å². The Bertz CT molecular complexity index is 993. The maximum Gasteiger partial charge on any atom is 0.451 e. The van der Waals surface area contributed by atoms with Crippen LogP contribution in [0.5, 0.6) is 11.5 Å². The zero-order chi connectivity index (χ0) is 22.8. The molecular weight excluding hydrogens is 419 g/mol. The summed E-state index contributed by atoms with van der Waals surface area (Å²) in [4.78, 5) is 26.5. The molecule has 1 aliphatic heterocycles. The first-order valence-corrected chi connectivity index (χ1v) is 9.61. The first kappa shape index (κ1) is 22.7. The second-order valence-corrected chi connectivity index (χ2v) is 7.23. The number of piperidine rings is 1. The van der Waals surface area contributed by atoms with Crippen molar-refractivity contribution < 1.29 is 27.4 Å². The highest BCUT2D eigenvalue weighted by Crippen LogP contribution is 2.30. The van der Waals surface area contributed by atoms with Crippen molar-refractivity contribution in [1.82, 2.24) is 19.2 Å². The van der Waals surface area contributed by atoms with Crippen LogP contribution in [0.1, 0.15) is 24.7 Å². The van der Waals surface area contributed by atoms with Gasteiger partial charge in [0, 0.05) is 26.2 Å². The van der Waals surface area contributed by atoms with Gasteiger partial charge in [0.2, 0.25) is 11.7 Å². The fraction of sp³-hybridized carbons (Fsp3) is 0.526. The van der Waals surface area contributed by atoms with Crippen LogP contribution in [-0.4, -0.2) is 59.0 Å². The molecule has 1 saturated heterocycles. The van der Waals surface area contributed by atoms with Crippen LogP contribution in [0.25, 0.3) is 0 Å². The zero-order valence-electron chi connectivity index (χ0n) is 17.4. The van der Waals surface area contributed by atoms with Crippen LogP contribution in [-0.2, 0) is 18.0 Å². The first-order chi connectivity index (χ1) is 14.6. The van der Waals surface area contributed by atoms with Crippen molar-refractivity contribution in [1.29, 1.82) is 0 Å². The molecule has 170 valence electrons. The van der Waals surface area contributed by atoms with E-state index in [-0.39, 0.29) is 12.5 Å². The van der Waals surface area contributed by atoms with Crippen molar-refractivity contribution in [2.24, 2.45) is 7.05 Å². The molecule has 1 amide bonds. The number of carbonyl (C=O) groups is 1. The average molecular weight is 443 g/mol. The molecule has 0 saturated carbocycles. The van der Waals surface area contributed by atoms with Gasteiger partial charge in [-0.15, -0.1) is 5.10 Å². The fourth-order valence-corrected chi connectivity index (χ4v) is 3.57. The molecule has 9 nitrogen and oxygen atoms in total. The van der Waals surface area contributed by atoms with Crippen LogP contribution < -0.4 is 20.5 Å². The minimum absolute atomic E-state index is 0.0952. The molecule has 2 aromatic rings. The number of likely N-dealkylation sites (tertiary alicyclic amines) is 1. The summed E-state index contributed by atoms with van der Waals surface area (Å²) in [6, 6.07) is 4.59. The monoisotopic (exact) mass is 443 g/mol. The summed E-state index contributed by atoms with van der Waals surface area (Å²) in [6.45, 7) is 0.980. The number of ether oxygens (including phenoxy) is 2. The molecule has 0 atom stereocenters. The standard InChI is InChI=1S/C19H24F3N5O4/c1-25-17(19(20,21)22)24-27(18(25)29)12-6-8-26(9-7-12)11-16(28)23-14-10-13(30-2)4-5-15(14)31-3/h4-5,10,12H,6-9,11H2,1-3H3,(H,23,28). The van der Waals surface area contributed by atoms with Gasteiger partial charge in [-0.1, -0.05) is 0 Å². The smallest absolute Gasteiger partial charge is 0.451 e. The molecule has 1 fully saturated rings. The van der Waals surface area contributed by atoms with E-state index in [0.29, 0.717) is 47.7 Å². The molecule has 1 aromatic carbocycles. The molecule has 31 heavy (non-hydrogen) atoms. The van der Waals surface area contributed by atoms with Crippen molar-refractivity contribution in [2.45, 2.75) is 25.1 Å². The Labute approximate surface area is 176 Å². The molecule has 2 heterocycles. The lowest BCUT2D eigenvalue weighted by molar-refractivity contribution is -0.147. The van der Waals surface area contributed by atoms with Crippen molar-refractivity contribution in [3.8, 4) is 11.5 Å². The van der Waals surface area contributed by atoms with Gasteiger partial charge in [-0.3, -0.25) is 14.3 Å². The lowest BCUT2D eigenvalue weighted by Crippen LogP contribution is -2.41. The summed E-state index contributed by atoms with van der Waals surface area (Å²) in [5.74, 6) is -0.426. The molecule has 1 aromatic heterocycles. The minimum Gasteiger partial charge on any atom is -0.497 e. The maximum atomic E-state index is 13.0. The largest absolute Gasteiger partial charge is 0.497 e. The number of nitrogens with zero attached hydrogens (tertiary/aromatic N) is 4. The van der Waals surface area contributed by atoms with Gasteiger partial charge in [0.1, 0.15) is 11.5 Å². The Morgan fingerprint density at radius 1 is 1.23 bits per heavy atom. The number of rotatable bonds is 6. The number of hydrogen-bond acceptors (Lipinski definition) is 6.